The van der Waals surface area contributed by atoms with Crippen LogP contribution in [0.3, 0.4) is 0 Å². The van der Waals surface area contributed by atoms with E-state index in [2.05, 4.69) is 11.8 Å². The lowest BCUT2D eigenvalue weighted by atomic mass is 10.5. The van der Waals surface area contributed by atoms with Gasteiger partial charge in [0.15, 0.2) is 0 Å². The predicted octanol–water partition coefficient (Wildman–Crippen LogP) is 1.71. The molecule has 0 saturated heterocycles. The highest BCUT2D eigenvalue weighted by Gasteiger charge is 2.18. The second kappa shape index (κ2) is 4.93. The lowest BCUT2D eigenvalue weighted by molar-refractivity contribution is 0.423. The normalized spacial score (nSPS) is 12.5. The predicted molar refractivity (Wildman–Crippen MR) is 49.2 cm³/mol. The summed E-state index contributed by atoms with van der Waals surface area (Å²) in [6.07, 6.45) is 0.791. The average Bonchev–Trinajstić information content (AvgIpc) is 1.80. The van der Waals surface area contributed by atoms with Crippen molar-refractivity contribution in [2.24, 2.45) is 0 Å². The molecule has 0 rings (SSSR count). The van der Waals surface area contributed by atoms with Gasteiger partial charge in [-0.05, 0) is 28.9 Å². The smallest absolute Gasteiger partial charge is 0.269 e. The van der Waals surface area contributed by atoms with Gasteiger partial charge < -0.3 is 9.79 Å². The summed E-state index contributed by atoms with van der Waals surface area (Å²) >= 11 is 5.17. The maximum atomic E-state index is 8.91. The van der Waals surface area contributed by atoms with Crippen LogP contribution in [0.25, 0.3) is 0 Å². The Labute approximate surface area is 74.2 Å². The molecule has 0 amide bonds. The zero-order valence-electron chi connectivity index (χ0n) is 5.40. The van der Waals surface area contributed by atoms with Crippen LogP contribution in [0.2, 0.25) is 0 Å². The van der Waals surface area contributed by atoms with E-state index in [1.165, 1.54) is 4.08 Å². The van der Waals surface area contributed by atoms with Crippen LogP contribution in [0.5, 0.6) is 0 Å². The Morgan fingerprint density at radius 2 is 2.20 bits per heavy atom. The van der Waals surface area contributed by atoms with Crippen molar-refractivity contribution in [3.8, 4) is 0 Å². The minimum Gasteiger partial charge on any atom is -0.333 e. The summed E-state index contributed by atoms with van der Waals surface area (Å²) in [4.78, 5) is 17.8. The number of nitrogens with zero attached hydrogens (tertiary/aromatic N) is 1. The first-order valence-corrected chi connectivity index (χ1v) is 6.90. The number of rotatable bonds is 4. The van der Waals surface area contributed by atoms with Gasteiger partial charge in [0.1, 0.15) is 0 Å². The van der Waals surface area contributed by atoms with Crippen molar-refractivity contribution in [1.29, 1.82) is 0 Å². The molecular weight excluding hydrogens is 213 g/mol. The van der Waals surface area contributed by atoms with Crippen LogP contribution in [0, 0.1) is 0 Å². The molecule has 0 bridgehead atoms. The van der Waals surface area contributed by atoms with Crippen LogP contribution >= 0.6 is 28.5 Å². The van der Waals surface area contributed by atoms with E-state index in [0.29, 0.717) is 6.54 Å². The summed E-state index contributed by atoms with van der Waals surface area (Å²) in [6, 6.07) is 0. The zero-order chi connectivity index (χ0) is 8.20. The molecule has 0 aliphatic rings. The lowest BCUT2D eigenvalue weighted by Gasteiger charge is -2.20. The number of halogens is 1. The molecule has 0 aliphatic carbocycles. The molecule has 0 heterocycles. The Morgan fingerprint density at radius 3 is 2.30 bits per heavy atom. The van der Waals surface area contributed by atoms with Crippen molar-refractivity contribution in [2.45, 2.75) is 13.3 Å². The van der Waals surface area contributed by atoms with E-state index in [0.717, 1.165) is 17.6 Å². The molecule has 0 spiro atoms. The topological polar surface area (TPSA) is 43.7 Å². The van der Waals surface area contributed by atoms with Crippen LogP contribution in [0.15, 0.2) is 0 Å². The second-order valence-electron chi connectivity index (χ2n) is 1.66. The molecule has 3 nitrogen and oxygen atoms in total. The molecular formula is C3H9ClNO2PS2. The highest BCUT2D eigenvalue weighted by atomic mass is 35.7. The van der Waals surface area contributed by atoms with E-state index < -0.39 is 6.64 Å². The molecule has 0 aromatic rings. The van der Waals surface area contributed by atoms with E-state index in [1.54, 1.807) is 0 Å². The quantitative estimate of drug-likeness (QED) is 0.559. The Bertz CT molecular complexity index is 140. The first-order chi connectivity index (χ1) is 4.52. The molecule has 0 radical (unpaired) electrons. The van der Waals surface area contributed by atoms with Gasteiger partial charge in [0.2, 0.25) is 0 Å². The molecule has 0 unspecified atom stereocenters. The number of hydrogen-bond acceptors (Lipinski definition) is 2. The minimum atomic E-state index is -3.29. The van der Waals surface area contributed by atoms with Gasteiger partial charge in [-0.1, -0.05) is 6.92 Å². The van der Waals surface area contributed by atoms with Crippen LogP contribution in [-0.2, 0) is 11.8 Å². The van der Waals surface area contributed by atoms with Crippen LogP contribution in [0.1, 0.15) is 13.3 Å². The van der Waals surface area contributed by atoms with Crippen molar-refractivity contribution in [3.63, 3.8) is 0 Å². The van der Waals surface area contributed by atoms with E-state index in [1.807, 2.05) is 6.92 Å². The van der Waals surface area contributed by atoms with Crippen LogP contribution in [0.4, 0.5) is 0 Å². The largest absolute Gasteiger partial charge is 0.333 e. The standard InChI is InChI=1S/C3H9ClNO2PS2/c1-2-3-5(10-4)8(6,7)9/h2-3H2,1H3,(H2,6,7,9). The van der Waals surface area contributed by atoms with Crippen molar-refractivity contribution in [1.82, 2.24) is 4.08 Å². The average molecular weight is 222 g/mol. The summed E-state index contributed by atoms with van der Waals surface area (Å²) in [7, 11) is 5.31. The van der Waals surface area contributed by atoms with Gasteiger partial charge in [-0.3, -0.25) is 0 Å². The molecule has 2 N–H and O–H groups in total. The monoisotopic (exact) mass is 221 g/mol. The van der Waals surface area contributed by atoms with Gasteiger partial charge in [0.05, 0.1) is 0 Å². The maximum absolute atomic E-state index is 8.91. The molecule has 62 valence electrons. The fourth-order valence-electron chi connectivity index (χ4n) is 0.396. The van der Waals surface area contributed by atoms with Gasteiger partial charge in [0.25, 0.3) is 6.64 Å². The molecule has 0 aliphatic heterocycles. The minimum absolute atomic E-state index is 0.498. The van der Waals surface area contributed by atoms with Crippen molar-refractivity contribution in [3.05, 3.63) is 0 Å². The summed E-state index contributed by atoms with van der Waals surface area (Å²) < 4.78 is 1.21. The third-order valence-corrected chi connectivity index (χ3v) is 4.53. The summed E-state index contributed by atoms with van der Waals surface area (Å²) in [5, 5.41) is 0. The lowest BCUT2D eigenvalue weighted by Crippen LogP contribution is -2.10. The van der Waals surface area contributed by atoms with Crippen molar-refractivity contribution in [2.75, 3.05) is 6.54 Å². The van der Waals surface area contributed by atoms with Gasteiger partial charge >= 0.3 is 0 Å². The fourth-order valence-corrected chi connectivity index (χ4v) is 3.29. The van der Waals surface area contributed by atoms with Crippen LogP contribution in [-0.4, -0.2) is 20.4 Å². The molecule has 0 aromatic carbocycles. The Hall–Kier alpha value is 1.17. The highest BCUT2D eigenvalue weighted by molar-refractivity contribution is 8.25. The summed E-state index contributed by atoms with van der Waals surface area (Å²) in [5.74, 6) is 0. The zero-order valence-corrected chi connectivity index (χ0v) is 8.68. The van der Waals surface area contributed by atoms with E-state index in [-0.39, 0.29) is 0 Å². The molecule has 7 heteroatoms. The van der Waals surface area contributed by atoms with Crippen molar-refractivity contribution >= 4 is 40.3 Å². The van der Waals surface area contributed by atoms with Gasteiger partial charge in [-0.15, -0.1) is 0 Å². The Morgan fingerprint density at radius 1 is 1.70 bits per heavy atom. The molecule has 0 fully saturated rings. The van der Waals surface area contributed by atoms with Crippen molar-refractivity contribution < 1.29 is 9.79 Å². The third-order valence-electron chi connectivity index (χ3n) is 0.785. The van der Waals surface area contributed by atoms with Gasteiger partial charge in [-0.2, -0.15) is 4.08 Å². The van der Waals surface area contributed by atoms with E-state index in [4.69, 9.17) is 20.5 Å². The highest BCUT2D eigenvalue weighted by Crippen LogP contribution is 2.46. The van der Waals surface area contributed by atoms with E-state index >= 15 is 0 Å². The molecule has 0 atom stereocenters. The summed E-state index contributed by atoms with van der Waals surface area (Å²) in [6.45, 7) is -0.888. The molecule has 10 heavy (non-hydrogen) atoms. The molecule has 0 aromatic heterocycles. The SMILES string of the molecule is CCCN(SCl)P(O)(O)=S. The molecule has 0 saturated carbocycles. The maximum Gasteiger partial charge on any atom is 0.269 e. The first-order valence-electron chi connectivity index (χ1n) is 2.64. The van der Waals surface area contributed by atoms with Crippen LogP contribution < -0.4 is 0 Å². The van der Waals surface area contributed by atoms with Gasteiger partial charge in [-0.25, -0.2) is 0 Å². The second-order valence-corrected chi connectivity index (χ2v) is 5.90. The Kier molecular flexibility index (Phi) is 5.51. The van der Waals surface area contributed by atoms with Gasteiger partial charge in [0, 0.05) is 17.7 Å². The number of hydrogen-bond donors (Lipinski definition) is 2. The fraction of sp³-hybridized carbons (Fsp3) is 1.00. The Balaban J connectivity index is 3.94. The first kappa shape index (κ1) is 11.2. The summed E-state index contributed by atoms with van der Waals surface area (Å²) in [5.41, 5.74) is 0. The third kappa shape index (κ3) is 4.13. The van der Waals surface area contributed by atoms with E-state index in [9.17, 15) is 0 Å².